The van der Waals surface area contributed by atoms with Gasteiger partial charge in [0.05, 0.1) is 36.0 Å². The zero-order chi connectivity index (χ0) is 19.4. The molecular formula is C19H24N3O4S+. The molecule has 1 heterocycles. The van der Waals surface area contributed by atoms with E-state index in [1.165, 1.54) is 44.6 Å². The molecule has 144 valence electrons. The number of nitrogens with zero attached hydrogens (tertiary/aromatic N) is 2. The molecule has 0 spiro atoms. The van der Waals surface area contributed by atoms with E-state index >= 15 is 0 Å². The van der Waals surface area contributed by atoms with Gasteiger partial charge < -0.3 is 4.90 Å². The van der Waals surface area contributed by atoms with Gasteiger partial charge in [0.2, 0.25) is 10.0 Å². The predicted octanol–water partition coefficient (Wildman–Crippen LogP) is 1.25. The minimum Gasteiger partial charge on any atom is -0.329 e. The summed E-state index contributed by atoms with van der Waals surface area (Å²) < 4.78 is 27.0. The van der Waals surface area contributed by atoms with Crippen LogP contribution in [0, 0.1) is 10.1 Å². The molecule has 0 bridgehead atoms. The number of piperazine rings is 1. The van der Waals surface area contributed by atoms with Crippen LogP contribution in [-0.2, 0) is 23.0 Å². The van der Waals surface area contributed by atoms with Crippen LogP contribution in [0.1, 0.15) is 18.1 Å². The van der Waals surface area contributed by atoms with Crippen molar-refractivity contribution in [3.63, 3.8) is 0 Å². The fourth-order valence-electron chi connectivity index (χ4n) is 3.29. The lowest BCUT2D eigenvalue weighted by atomic mass is 10.1. The van der Waals surface area contributed by atoms with E-state index in [0.717, 1.165) is 26.1 Å². The molecule has 1 aliphatic rings. The van der Waals surface area contributed by atoms with Crippen molar-refractivity contribution in [2.45, 2.75) is 24.8 Å². The van der Waals surface area contributed by atoms with Gasteiger partial charge in [0.25, 0.3) is 5.69 Å². The van der Waals surface area contributed by atoms with Gasteiger partial charge in [-0.3, -0.25) is 10.1 Å². The molecule has 0 amide bonds. The minimum absolute atomic E-state index is 0.103. The lowest BCUT2D eigenvalue weighted by Crippen LogP contribution is -3.13. The number of sulfonamides is 1. The van der Waals surface area contributed by atoms with Crippen LogP contribution in [0.15, 0.2) is 53.4 Å². The van der Waals surface area contributed by atoms with E-state index in [1.807, 2.05) is 0 Å². The first kappa shape index (κ1) is 19.5. The maximum Gasteiger partial charge on any atom is 0.269 e. The van der Waals surface area contributed by atoms with E-state index in [0.29, 0.717) is 13.1 Å². The Bertz CT molecular complexity index is 888. The molecule has 0 aromatic heterocycles. The van der Waals surface area contributed by atoms with Crippen molar-refractivity contribution in [1.82, 2.24) is 4.31 Å². The van der Waals surface area contributed by atoms with Crippen LogP contribution >= 0.6 is 0 Å². The molecule has 0 unspecified atom stereocenters. The van der Waals surface area contributed by atoms with Crippen molar-refractivity contribution < 1.29 is 18.2 Å². The molecule has 1 N–H and O–H groups in total. The van der Waals surface area contributed by atoms with E-state index < -0.39 is 14.9 Å². The standard InChI is InChI=1S/C19H23N3O4S/c1-2-16-3-5-17(6-4-16)15-20-11-13-21(14-12-20)27(25,26)19-9-7-18(8-10-19)22(23)24/h3-10H,2,11-15H2,1H3/p+1. The first-order valence-electron chi connectivity index (χ1n) is 9.06. The van der Waals surface area contributed by atoms with Crippen molar-refractivity contribution in [3.05, 3.63) is 69.8 Å². The van der Waals surface area contributed by atoms with Gasteiger partial charge in [0, 0.05) is 17.7 Å². The van der Waals surface area contributed by atoms with E-state index in [9.17, 15) is 18.5 Å². The van der Waals surface area contributed by atoms with Gasteiger partial charge in [-0.25, -0.2) is 8.42 Å². The number of benzene rings is 2. The maximum atomic E-state index is 12.8. The Kier molecular flexibility index (Phi) is 5.88. The molecular weight excluding hydrogens is 366 g/mol. The third-order valence-electron chi connectivity index (χ3n) is 5.00. The normalized spacial score (nSPS) is 16.3. The van der Waals surface area contributed by atoms with Crippen molar-refractivity contribution in [2.24, 2.45) is 0 Å². The van der Waals surface area contributed by atoms with Gasteiger partial charge in [-0.15, -0.1) is 0 Å². The number of hydrogen-bond acceptors (Lipinski definition) is 4. The highest BCUT2D eigenvalue weighted by atomic mass is 32.2. The summed E-state index contributed by atoms with van der Waals surface area (Å²) >= 11 is 0. The van der Waals surface area contributed by atoms with Crippen LogP contribution in [-0.4, -0.2) is 43.8 Å². The Morgan fingerprint density at radius 3 is 2.07 bits per heavy atom. The van der Waals surface area contributed by atoms with Crippen LogP contribution in [0.2, 0.25) is 0 Å². The third-order valence-corrected chi connectivity index (χ3v) is 6.91. The molecule has 8 heteroatoms. The minimum atomic E-state index is -3.61. The Labute approximate surface area is 159 Å². The second-order valence-corrected chi connectivity index (χ2v) is 8.69. The quantitative estimate of drug-likeness (QED) is 0.594. The Hall–Kier alpha value is -2.29. The number of nitro benzene ring substituents is 1. The zero-order valence-corrected chi connectivity index (χ0v) is 16.1. The lowest BCUT2D eigenvalue weighted by molar-refractivity contribution is -0.917. The van der Waals surface area contributed by atoms with Crippen LogP contribution in [0.25, 0.3) is 0 Å². The second-order valence-electron chi connectivity index (χ2n) is 6.75. The van der Waals surface area contributed by atoms with Gasteiger partial charge in [-0.2, -0.15) is 4.31 Å². The molecule has 2 aromatic rings. The van der Waals surface area contributed by atoms with Crippen LogP contribution < -0.4 is 4.90 Å². The van der Waals surface area contributed by atoms with Crippen LogP contribution in [0.3, 0.4) is 0 Å². The summed E-state index contributed by atoms with van der Waals surface area (Å²) in [4.78, 5) is 11.7. The molecule has 27 heavy (non-hydrogen) atoms. The average molecular weight is 390 g/mol. The van der Waals surface area contributed by atoms with Gasteiger partial charge in [-0.05, 0) is 24.1 Å². The molecule has 0 saturated carbocycles. The summed E-state index contributed by atoms with van der Waals surface area (Å²) in [6.45, 7) is 5.38. The second kappa shape index (κ2) is 8.16. The van der Waals surface area contributed by atoms with Crippen molar-refractivity contribution in [2.75, 3.05) is 26.2 Å². The fourth-order valence-corrected chi connectivity index (χ4v) is 4.73. The van der Waals surface area contributed by atoms with E-state index in [4.69, 9.17) is 0 Å². The number of aryl methyl sites for hydroxylation is 1. The van der Waals surface area contributed by atoms with E-state index in [2.05, 4.69) is 31.2 Å². The first-order chi connectivity index (χ1) is 12.9. The largest absolute Gasteiger partial charge is 0.329 e. The summed E-state index contributed by atoms with van der Waals surface area (Å²) in [5.41, 5.74) is 2.46. The lowest BCUT2D eigenvalue weighted by Gasteiger charge is -2.31. The smallest absolute Gasteiger partial charge is 0.269 e. The zero-order valence-electron chi connectivity index (χ0n) is 15.3. The molecule has 7 nitrogen and oxygen atoms in total. The fraction of sp³-hybridized carbons (Fsp3) is 0.368. The molecule has 0 atom stereocenters. The van der Waals surface area contributed by atoms with Crippen LogP contribution in [0.4, 0.5) is 5.69 Å². The molecule has 1 saturated heterocycles. The Morgan fingerprint density at radius 1 is 1.00 bits per heavy atom. The van der Waals surface area contributed by atoms with Crippen molar-refractivity contribution >= 4 is 15.7 Å². The number of nitrogens with one attached hydrogen (secondary N) is 1. The van der Waals surface area contributed by atoms with Gasteiger partial charge >= 0.3 is 0 Å². The van der Waals surface area contributed by atoms with Gasteiger partial charge in [0.1, 0.15) is 6.54 Å². The first-order valence-corrected chi connectivity index (χ1v) is 10.5. The molecule has 2 aromatic carbocycles. The molecule has 0 radical (unpaired) electrons. The van der Waals surface area contributed by atoms with E-state index in [1.54, 1.807) is 0 Å². The average Bonchev–Trinajstić information content (AvgIpc) is 2.69. The number of quaternary nitrogens is 1. The van der Waals surface area contributed by atoms with Crippen molar-refractivity contribution in [3.8, 4) is 0 Å². The highest BCUT2D eigenvalue weighted by molar-refractivity contribution is 7.89. The van der Waals surface area contributed by atoms with Gasteiger partial charge in [0.15, 0.2) is 0 Å². The predicted molar refractivity (Wildman–Crippen MR) is 102 cm³/mol. The highest BCUT2D eigenvalue weighted by Crippen LogP contribution is 2.19. The number of nitro groups is 1. The topological polar surface area (TPSA) is 85.0 Å². The summed E-state index contributed by atoms with van der Waals surface area (Å²) in [5.74, 6) is 0. The van der Waals surface area contributed by atoms with Gasteiger partial charge in [-0.1, -0.05) is 31.2 Å². The third kappa shape index (κ3) is 4.52. The number of non-ortho nitro benzene ring substituents is 1. The molecule has 3 rings (SSSR count). The Balaban J connectivity index is 1.61. The van der Waals surface area contributed by atoms with Crippen LogP contribution in [0.5, 0.6) is 0 Å². The highest BCUT2D eigenvalue weighted by Gasteiger charge is 2.30. The molecule has 1 aliphatic heterocycles. The summed E-state index contributed by atoms with van der Waals surface area (Å²) in [6.07, 6.45) is 1.02. The SMILES string of the molecule is CCc1ccc(C[NH+]2CCN(S(=O)(=O)c3ccc([N+](=O)[O-])cc3)CC2)cc1. The molecule has 1 fully saturated rings. The summed E-state index contributed by atoms with van der Waals surface area (Å²) in [7, 11) is -3.61. The van der Waals surface area contributed by atoms with E-state index in [-0.39, 0.29) is 10.6 Å². The number of hydrogen-bond donors (Lipinski definition) is 1. The number of rotatable bonds is 6. The summed E-state index contributed by atoms with van der Waals surface area (Å²) in [5, 5.41) is 10.7. The monoisotopic (exact) mass is 390 g/mol. The Morgan fingerprint density at radius 2 is 1.56 bits per heavy atom. The summed E-state index contributed by atoms with van der Waals surface area (Å²) in [6, 6.07) is 13.7. The van der Waals surface area contributed by atoms with Crippen molar-refractivity contribution in [1.29, 1.82) is 0 Å². The molecule has 0 aliphatic carbocycles. The maximum absolute atomic E-state index is 12.8.